The topological polar surface area (TPSA) is 101 Å². The van der Waals surface area contributed by atoms with Crippen LogP contribution in [0.1, 0.15) is 10.4 Å². The molecule has 38 heavy (non-hydrogen) atoms. The number of carbonyl (C=O) groups excluding carboxylic acids is 3. The number of benzene rings is 3. The lowest BCUT2D eigenvalue weighted by Crippen LogP contribution is -2.32. The minimum atomic E-state index is -0.730. The molecule has 2 heterocycles. The number of halogens is 2. The molecular weight excluding hydrogens is 547 g/mol. The number of nitrogens with zero attached hydrogens (tertiary/aromatic N) is 2. The highest BCUT2D eigenvalue weighted by Crippen LogP contribution is 2.37. The number of rotatable bonds is 7. The number of methoxy groups -OCH3 is 1. The molecule has 11 heteroatoms. The number of carbonyl (C=O) groups is 3. The number of imide groups is 1. The van der Waals surface area contributed by atoms with Crippen molar-refractivity contribution in [3.63, 3.8) is 0 Å². The van der Waals surface area contributed by atoms with E-state index in [1.165, 1.54) is 24.5 Å². The van der Waals surface area contributed by atoms with Crippen molar-refractivity contribution >= 4 is 68.8 Å². The SMILES string of the molecule is COc1ccc(Cl)cc1N1C(=O)C(Cl)=C(Nc2cccc(C(=O)Nc3nc(-c4ccccc4)cs3)c2)C1=O. The second-order valence-electron chi connectivity index (χ2n) is 8.01. The molecule has 3 amide bonds. The molecule has 190 valence electrons. The smallest absolute Gasteiger partial charge is 0.283 e. The fourth-order valence-electron chi connectivity index (χ4n) is 3.79. The first-order valence-corrected chi connectivity index (χ1v) is 12.8. The zero-order valence-corrected chi connectivity index (χ0v) is 22.0. The first kappa shape index (κ1) is 25.5. The molecule has 0 radical (unpaired) electrons. The standard InChI is InChI=1S/C27H18Cl2N4O4S/c1-37-21-11-10-17(28)13-20(21)33-25(35)22(29)23(26(33)36)30-18-9-5-8-16(12-18)24(34)32-27-31-19(14-38-27)15-6-3-2-4-7-15/h2-14,30H,1H3,(H,31,32,34). The van der Waals surface area contributed by atoms with Crippen molar-refractivity contribution in [2.45, 2.75) is 0 Å². The van der Waals surface area contributed by atoms with Gasteiger partial charge >= 0.3 is 0 Å². The molecule has 0 aliphatic carbocycles. The predicted octanol–water partition coefficient (Wildman–Crippen LogP) is 6.16. The molecule has 0 fully saturated rings. The van der Waals surface area contributed by atoms with Gasteiger partial charge in [-0.25, -0.2) is 9.88 Å². The second kappa shape index (κ2) is 10.7. The van der Waals surface area contributed by atoms with Gasteiger partial charge in [0.15, 0.2) is 5.13 Å². The maximum atomic E-state index is 13.2. The summed E-state index contributed by atoms with van der Waals surface area (Å²) in [5, 5.41) is 7.98. The highest BCUT2D eigenvalue weighted by Gasteiger charge is 2.40. The van der Waals surface area contributed by atoms with E-state index < -0.39 is 11.8 Å². The van der Waals surface area contributed by atoms with Crippen LogP contribution in [0.2, 0.25) is 5.02 Å². The quantitative estimate of drug-likeness (QED) is 0.261. The molecule has 5 rings (SSSR count). The molecule has 0 bridgehead atoms. The number of anilines is 3. The third kappa shape index (κ3) is 4.99. The van der Waals surface area contributed by atoms with Crippen LogP contribution in [0.25, 0.3) is 11.3 Å². The third-order valence-corrected chi connectivity index (χ3v) is 6.94. The van der Waals surface area contributed by atoms with E-state index in [4.69, 9.17) is 27.9 Å². The van der Waals surface area contributed by atoms with Gasteiger partial charge in [0, 0.05) is 27.2 Å². The van der Waals surface area contributed by atoms with Crippen molar-refractivity contribution in [2.75, 3.05) is 22.6 Å². The Morgan fingerprint density at radius 2 is 1.76 bits per heavy atom. The monoisotopic (exact) mass is 564 g/mol. The molecule has 0 saturated carbocycles. The molecule has 3 aromatic carbocycles. The normalized spacial score (nSPS) is 13.2. The lowest BCUT2D eigenvalue weighted by molar-refractivity contribution is -0.120. The maximum Gasteiger partial charge on any atom is 0.283 e. The molecule has 0 unspecified atom stereocenters. The van der Waals surface area contributed by atoms with Crippen LogP contribution in [-0.2, 0) is 9.59 Å². The minimum absolute atomic E-state index is 0.135. The Morgan fingerprint density at radius 3 is 2.53 bits per heavy atom. The largest absolute Gasteiger partial charge is 0.495 e. The van der Waals surface area contributed by atoms with Gasteiger partial charge in [-0.05, 0) is 36.4 Å². The fraction of sp³-hybridized carbons (Fsp3) is 0.0370. The Morgan fingerprint density at radius 1 is 0.974 bits per heavy atom. The average Bonchev–Trinajstić information content (AvgIpc) is 3.48. The molecule has 1 aromatic heterocycles. The first-order valence-electron chi connectivity index (χ1n) is 11.2. The van der Waals surface area contributed by atoms with E-state index >= 15 is 0 Å². The highest BCUT2D eigenvalue weighted by atomic mass is 35.5. The van der Waals surface area contributed by atoms with Crippen molar-refractivity contribution in [2.24, 2.45) is 0 Å². The number of hydrogen-bond donors (Lipinski definition) is 2. The van der Waals surface area contributed by atoms with E-state index in [-0.39, 0.29) is 28.1 Å². The number of nitrogens with one attached hydrogen (secondary N) is 2. The molecule has 1 aliphatic heterocycles. The maximum absolute atomic E-state index is 13.2. The molecule has 0 atom stereocenters. The lowest BCUT2D eigenvalue weighted by Gasteiger charge is -2.18. The van der Waals surface area contributed by atoms with Crippen LogP contribution in [0.5, 0.6) is 5.75 Å². The molecule has 1 aliphatic rings. The van der Waals surface area contributed by atoms with Crippen molar-refractivity contribution in [3.8, 4) is 17.0 Å². The lowest BCUT2D eigenvalue weighted by atomic mass is 10.2. The summed E-state index contributed by atoms with van der Waals surface area (Å²) in [6.45, 7) is 0. The van der Waals surface area contributed by atoms with Gasteiger partial charge in [0.2, 0.25) is 0 Å². The summed E-state index contributed by atoms with van der Waals surface area (Å²) in [5.41, 5.74) is 2.43. The van der Waals surface area contributed by atoms with Crippen molar-refractivity contribution < 1.29 is 19.1 Å². The minimum Gasteiger partial charge on any atom is -0.495 e. The van der Waals surface area contributed by atoms with Crippen LogP contribution in [0.4, 0.5) is 16.5 Å². The van der Waals surface area contributed by atoms with Gasteiger partial charge in [-0.2, -0.15) is 0 Å². The van der Waals surface area contributed by atoms with E-state index in [9.17, 15) is 14.4 Å². The van der Waals surface area contributed by atoms with Crippen LogP contribution < -0.4 is 20.3 Å². The summed E-state index contributed by atoms with van der Waals surface area (Å²) >= 11 is 13.6. The highest BCUT2D eigenvalue weighted by molar-refractivity contribution is 7.14. The van der Waals surface area contributed by atoms with E-state index in [0.717, 1.165) is 16.2 Å². The second-order valence-corrected chi connectivity index (χ2v) is 9.69. The van der Waals surface area contributed by atoms with Crippen molar-refractivity contribution in [1.82, 2.24) is 4.98 Å². The Hall–Kier alpha value is -4.18. The van der Waals surface area contributed by atoms with Gasteiger partial charge in [0.25, 0.3) is 17.7 Å². The van der Waals surface area contributed by atoms with E-state index in [0.29, 0.717) is 21.4 Å². The van der Waals surface area contributed by atoms with E-state index in [1.54, 1.807) is 36.4 Å². The number of hydrogen-bond acceptors (Lipinski definition) is 7. The predicted molar refractivity (Wildman–Crippen MR) is 149 cm³/mol. The summed E-state index contributed by atoms with van der Waals surface area (Å²) < 4.78 is 5.28. The Balaban J connectivity index is 1.33. The van der Waals surface area contributed by atoms with Crippen molar-refractivity contribution in [1.29, 1.82) is 0 Å². The number of amides is 3. The van der Waals surface area contributed by atoms with Crippen LogP contribution in [0.15, 0.2) is 88.9 Å². The number of ether oxygens (including phenoxy) is 1. The van der Waals surface area contributed by atoms with Gasteiger partial charge in [-0.15, -0.1) is 11.3 Å². The third-order valence-electron chi connectivity index (χ3n) is 5.60. The molecule has 0 saturated heterocycles. The average molecular weight is 565 g/mol. The van der Waals surface area contributed by atoms with Gasteiger partial charge in [-0.3, -0.25) is 19.7 Å². The van der Waals surface area contributed by atoms with Crippen LogP contribution in [-0.4, -0.2) is 29.8 Å². The Bertz CT molecular complexity index is 1600. The van der Waals surface area contributed by atoms with E-state index in [1.807, 2.05) is 35.7 Å². The fourth-order valence-corrected chi connectivity index (χ4v) is 4.89. The summed E-state index contributed by atoms with van der Waals surface area (Å²) in [4.78, 5) is 44.4. The zero-order valence-electron chi connectivity index (χ0n) is 19.7. The Labute approximate surface area is 231 Å². The van der Waals surface area contributed by atoms with Gasteiger partial charge in [0.05, 0.1) is 18.5 Å². The molecule has 0 spiro atoms. The molecule has 2 N–H and O–H groups in total. The number of thiazole rings is 1. The molecular formula is C27H18Cl2N4O4S. The van der Waals surface area contributed by atoms with Gasteiger partial charge in [-0.1, -0.05) is 59.6 Å². The van der Waals surface area contributed by atoms with Gasteiger partial charge < -0.3 is 10.1 Å². The number of aromatic nitrogens is 1. The van der Waals surface area contributed by atoms with Crippen LogP contribution in [0, 0.1) is 0 Å². The summed E-state index contributed by atoms with van der Waals surface area (Å²) in [5.74, 6) is -1.53. The zero-order chi connectivity index (χ0) is 26.8. The van der Waals surface area contributed by atoms with Gasteiger partial charge in [0.1, 0.15) is 16.5 Å². The van der Waals surface area contributed by atoms with Crippen molar-refractivity contribution in [3.05, 3.63) is 99.5 Å². The Kier molecular flexibility index (Phi) is 7.15. The molecule has 4 aromatic rings. The summed E-state index contributed by atoms with van der Waals surface area (Å²) in [6, 6.07) is 20.6. The summed E-state index contributed by atoms with van der Waals surface area (Å²) in [7, 11) is 1.41. The van der Waals surface area contributed by atoms with Crippen LogP contribution in [0.3, 0.4) is 0 Å². The summed E-state index contributed by atoms with van der Waals surface area (Å²) in [6.07, 6.45) is 0. The van der Waals surface area contributed by atoms with Crippen LogP contribution >= 0.6 is 34.5 Å². The molecule has 8 nitrogen and oxygen atoms in total. The van der Waals surface area contributed by atoms with E-state index in [2.05, 4.69) is 15.6 Å². The first-order chi connectivity index (χ1) is 18.4.